The molecule has 3 rings (SSSR count). The van der Waals surface area contributed by atoms with Crippen LogP contribution in [0, 0.1) is 0 Å². The van der Waals surface area contributed by atoms with E-state index in [9.17, 15) is 9.59 Å². The number of benzene rings is 1. The first-order valence-corrected chi connectivity index (χ1v) is 9.58. The molecule has 1 amide bonds. The van der Waals surface area contributed by atoms with Crippen molar-refractivity contribution in [1.29, 1.82) is 0 Å². The third kappa shape index (κ3) is 5.68. The van der Waals surface area contributed by atoms with Crippen LogP contribution in [-0.2, 0) is 14.3 Å². The number of esters is 1. The Morgan fingerprint density at radius 3 is 2.79 bits per heavy atom. The first kappa shape index (κ1) is 20.6. The van der Waals surface area contributed by atoms with E-state index in [2.05, 4.69) is 10.3 Å². The van der Waals surface area contributed by atoms with E-state index in [1.807, 2.05) is 38.1 Å². The van der Waals surface area contributed by atoms with Gasteiger partial charge in [-0.05, 0) is 50.2 Å². The molecule has 0 radical (unpaired) electrons. The van der Waals surface area contributed by atoms with Crippen molar-refractivity contribution in [3.63, 3.8) is 0 Å². The maximum atomic E-state index is 12.5. The number of hydrogen-bond acceptors (Lipinski definition) is 7. The summed E-state index contributed by atoms with van der Waals surface area (Å²) < 4.78 is 16.1. The van der Waals surface area contributed by atoms with Gasteiger partial charge in [0.25, 0.3) is 5.91 Å². The first-order valence-electron chi connectivity index (χ1n) is 9.58. The normalized spacial score (nSPS) is 16.2. The van der Waals surface area contributed by atoms with E-state index >= 15 is 0 Å². The number of ether oxygens (including phenoxy) is 3. The van der Waals surface area contributed by atoms with E-state index in [4.69, 9.17) is 14.2 Å². The van der Waals surface area contributed by atoms with Crippen LogP contribution in [0.1, 0.15) is 24.2 Å². The minimum absolute atomic E-state index is 0.0216. The molecule has 154 valence electrons. The van der Waals surface area contributed by atoms with Crippen molar-refractivity contribution < 1.29 is 23.8 Å². The second-order valence-corrected chi connectivity index (χ2v) is 6.58. The van der Waals surface area contributed by atoms with E-state index < -0.39 is 5.97 Å². The van der Waals surface area contributed by atoms with Gasteiger partial charge in [-0.2, -0.15) is 0 Å². The molecule has 0 saturated carbocycles. The van der Waals surface area contributed by atoms with Gasteiger partial charge in [-0.15, -0.1) is 0 Å². The lowest BCUT2D eigenvalue weighted by molar-refractivity contribution is -0.141. The number of amides is 1. The maximum Gasteiger partial charge on any atom is 0.342 e. The van der Waals surface area contributed by atoms with Crippen LogP contribution in [0.4, 0.5) is 11.5 Å². The van der Waals surface area contributed by atoms with E-state index in [0.717, 1.165) is 11.4 Å². The number of nitrogens with one attached hydrogen (secondary N) is 1. The number of aromatic nitrogens is 1. The summed E-state index contributed by atoms with van der Waals surface area (Å²) in [6.07, 6.45) is 1.56. The highest BCUT2D eigenvalue weighted by molar-refractivity contribution is 5.96. The van der Waals surface area contributed by atoms with Gasteiger partial charge in [-0.3, -0.25) is 4.79 Å². The van der Waals surface area contributed by atoms with Crippen LogP contribution in [0.2, 0.25) is 0 Å². The van der Waals surface area contributed by atoms with Gasteiger partial charge in [-0.1, -0.05) is 0 Å². The number of rotatable bonds is 7. The zero-order valence-corrected chi connectivity index (χ0v) is 16.6. The molecule has 1 unspecified atom stereocenters. The molecule has 2 aromatic rings. The molecule has 1 aromatic heterocycles. The molecule has 1 aliphatic rings. The van der Waals surface area contributed by atoms with Gasteiger partial charge < -0.3 is 24.4 Å². The van der Waals surface area contributed by atoms with Crippen molar-refractivity contribution in [2.45, 2.75) is 20.0 Å². The van der Waals surface area contributed by atoms with Gasteiger partial charge >= 0.3 is 5.97 Å². The Labute approximate surface area is 169 Å². The van der Waals surface area contributed by atoms with Gasteiger partial charge in [0.2, 0.25) is 0 Å². The lowest BCUT2D eigenvalue weighted by Crippen LogP contribution is -2.46. The molecule has 0 bridgehead atoms. The van der Waals surface area contributed by atoms with E-state index in [-0.39, 0.29) is 24.2 Å². The number of carbonyl (C=O) groups is 2. The van der Waals surface area contributed by atoms with Crippen molar-refractivity contribution >= 4 is 23.4 Å². The highest BCUT2D eigenvalue weighted by Crippen LogP contribution is 2.22. The zero-order chi connectivity index (χ0) is 20.6. The lowest BCUT2D eigenvalue weighted by Gasteiger charge is -2.30. The van der Waals surface area contributed by atoms with Crippen LogP contribution in [0.25, 0.3) is 0 Å². The number of carbonyl (C=O) groups excluding carboxylic acids is 2. The van der Waals surface area contributed by atoms with E-state index in [1.54, 1.807) is 23.2 Å². The maximum absolute atomic E-state index is 12.5. The van der Waals surface area contributed by atoms with Gasteiger partial charge in [0, 0.05) is 25.0 Å². The molecule has 1 fully saturated rings. The highest BCUT2D eigenvalue weighted by atomic mass is 16.5. The summed E-state index contributed by atoms with van der Waals surface area (Å²) in [4.78, 5) is 30.7. The van der Waals surface area contributed by atoms with E-state index in [0.29, 0.717) is 32.1 Å². The Kier molecular flexibility index (Phi) is 7.02. The number of pyridine rings is 1. The molecule has 1 N–H and O–H groups in total. The van der Waals surface area contributed by atoms with Crippen molar-refractivity contribution in [3.8, 4) is 5.75 Å². The zero-order valence-electron chi connectivity index (χ0n) is 16.6. The standard InChI is InChI=1S/C21H25N3O5/c1-3-27-17-8-6-16(7-9-17)23-20-18(5-4-10-22-20)21(26)29-14-19(25)24-11-12-28-15(2)13-24/h4-10,15H,3,11-14H2,1-2H3,(H,22,23). The number of morpholine rings is 1. The molecule has 1 saturated heterocycles. The van der Waals surface area contributed by atoms with Crippen LogP contribution >= 0.6 is 0 Å². The smallest absolute Gasteiger partial charge is 0.342 e. The predicted octanol–water partition coefficient (Wildman–Crippen LogP) is 2.63. The lowest BCUT2D eigenvalue weighted by atomic mass is 10.2. The van der Waals surface area contributed by atoms with Crippen LogP contribution in [0.3, 0.4) is 0 Å². The third-order valence-electron chi connectivity index (χ3n) is 4.38. The highest BCUT2D eigenvalue weighted by Gasteiger charge is 2.23. The van der Waals surface area contributed by atoms with Gasteiger partial charge in [-0.25, -0.2) is 9.78 Å². The molecule has 2 heterocycles. The van der Waals surface area contributed by atoms with E-state index in [1.165, 1.54) is 0 Å². The van der Waals surface area contributed by atoms with Gasteiger partial charge in [0.1, 0.15) is 17.1 Å². The molecule has 8 nitrogen and oxygen atoms in total. The van der Waals surface area contributed by atoms with Crippen LogP contribution < -0.4 is 10.1 Å². The van der Waals surface area contributed by atoms with Crippen LogP contribution in [0.5, 0.6) is 5.75 Å². The molecule has 0 spiro atoms. The largest absolute Gasteiger partial charge is 0.494 e. The average Bonchev–Trinajstić information content (AvgIpc) is 2.74. The molecule has 8 heteroatoms. The Morgan fingerprint density at radius 1 is 1.28 bits per heavy atom. The third-order valence-corrected chi connectivity index (χ3v) is 4.38. The molecular weight excluding hydrogens is 374 g/mol. The van der Waals surface area contributed by atoms with Crippen molar-refractivity contribution in [2.75, 3.05) is 38.2 Å². The monoisotopic (exact) mass is 399 g/mol. The SMILES string of the molecule is CCOc1ccc(Nc2ncccc2C(=O)OCC(=O)N2CCOC(C)C2)cc1. The molecule has 29 heavy (non-hydrogen) atoms. The summed E-state index contributed by atoms with van der Waals surface area (Å²) in [6, 6.07) is 10.6. The first-order chi connectivity index (χ1) is 14.1. The Bertz CT molecular complexity index is 840. The Balaban J connectivity index is 1.61. The summed E-state index contributed by atoms with van der Waals surface area (Å²) in [5, 5.41) is 3.10. The van der Waals surface area contributed by atoms with Crippen molar-refractivity contribution in [1.82, 2.24) is 9.88 Å². The summed E-state index contributed by atoms with van der Waals surface area (Å²) in [7, 11) is 0. The molecule has 0 aliphatic carbocycles. The van der Waals surface area contributed by atoms with Crippen LogP contribution in [-0.4, -0.2) is 60.8 Å². The Hall–Kier alpha value is -3.13. The molecular formula is C21H25N3O5. The minimum atomic E-state index is -0.610. The summed E-state index contributed by atoms with van der Waals surface area (Å²) in [5.41, 5.74) is 1.00. The van der Waals surface area contributed by atoms with Crippen LogP contribution in [0.15, 0.2) is 42.6 Å². The number of nitrogens with zero attached hydrogens (tertiary/aromatic N) is 2. The minimum Gasteiger partial charge on any atom is -0.494 e. The molecule has 1 aliphatic heterocycles. The summed E-state index contributed by atoms with van der Waals surface area (Å²) in [6.45, 7) is 5.57. The van der Waals surface area contributed by atoms with Gasteiger partial charge in [0.05, 0.1) is 19.3 Å². The molecule has 1 atom stereocenters. The predicted molar refractivity (Wildman–Crippen MR) is 107 cm³/mol. The fraction of sp³-hybridized carbons (Fsp3) is 0.381. The van der Waals surface area contributed by atoms with Crippen molar-refractivity contribution in [3.05, 3.63) is 48.2 Å². The Morgan fingerprint density at radius 2 is 2.07 bits per heavy atom. The second-order valence-electron chi connectivity index (χ2n) is 6.58. The topological polar surface area (TPSA) is 90.0 Å². The number of hydrogen-bond donors (Lipinski definition) is 1. The summed E-state index contributed by atoms with van der Waals surface area (Å²) >= 11 is 0. The second kappa shape index (κ2) is 9.88. The average molecular weight is 399 g/mol. The quantitative estimate of drug-likeness (QED) is 0.716. The fourth-order valence-corrected chi connectivity index (χ4v) is 2.95. The van der Waals surface area contributed by atoms with Crippen molar-refractivity contribution in [2.24, 2.45) is 0 Å². The molecule has 1 aromatic carbocycles. The fourth-order valence-electron chi connectivity index (χ4n) is 2.95. The summed E-state index contributed by atoms with van der Waals surface area (Å²) in [5.74, 6) is 0.267. The van der Waals surface area contributed by atoms with Gasteiger partial charge in [0.15, 0.2) is 6.61 Å². The number of anilines is 2.